The number of hydrogen-bond donors (Lipinski definition) is 1. The van der Waals surface area contributed by atoms with Gasteiger partial charge in [0.05, 0.1) is 9.95 Å². The lowest BCUT2D eigenvalue weighted by Crippen LogP contribution is -2.17. The van der Waals surface area contributed by atoms with E-state index in [1.165, 1.54) is 17.0 Å². The van der Waals surface area contributed by atoms with Crippen molar-refractivity contribution in [3.05, 3.63) is 61.3 Å². The molecule has 1 atom stereocenters. The van der Waals surface area contributed by atoms with Gasteiger partial charge in [0, 0.05) is 29.6 Å². The highest BCUT2D eigenvalue weighted by molar-refractivity contribution is 7.10. The first-order valence-electron chi connectivity index (χ1n) is 5.77. The van der Waals surface area contributed by atoms with E-state index in [4.69, 9.17) is 11.6 Å². The molecule has 0 bridgehead atoms. The van der Waals surface area contributed by atoms with Crippen molar-refractivity contribution in [2.24, 2.45) is 0 Å². The number of non-ortho nitro benzene ring substituents is 1. The van der Waals surface area contributed by atoms with E-state index in [0.717, 1.165) is 5.56 Å². The molecule has 1 heterocycles. The summed E-state index contributed by atoms with van der Waals surface area (Å²) in [6.07, 6.45) is 0. The summed E-state index contributed by atoms with van der Waals surface area (Å²) < 4.78 is 0. The Kier molecular flexibility index (Phi) is 4.52. The molecule has 0 radical (unpaired) electrons. The molecule has 0 unspecified atom stereocenters. The molecular formula is C13H13ClN2O2S. The summed E-state index contributed by atoms with van der Waals surface area (Å²) in [7, 11) is 0. The van der Waals surface area contributed by atoms with Crippen LogP contribution in [0, 0.1) is 10.1 Å². The highest BCUT2D eigenvalue weighted by Crippen LogP contribution is 2.24. The Labute approximate surface area is 120 Å². The number of rotatable bonds is 5. The molecule has 0 aliphatic carbocycles. The Morgan fingerprint density at radius 2 is 2.26 bits per heavy atom. The SMILES string of the molecule is C[C@@H](NCc1ccc([N+](=O)[O-])cc1Cl)c1cccs1. The lowest BCUT2D eigenvalue weighted by molar-refractivity contribution is -0.384. The summed E-state index contributed by atoms with van der Waals surface area (Å²) in [6.45, 7) is 2.65. The second-order valence-corrected chi connectivity index (χ2v) is 5.54. The third kappa shape index (κ3) is 3.53. The molecular weight excluding hydrogens is 284 g/mol. The highest BCUT2D eigenvalue weighted by Gasteiger charge is 2.11. The summed E-state index contributed by atoms with van der Waals surface area (Å²) in [5.41, 5.74) is 0.871. The minimum absolute atomic E-state index is 0.0139. The van der Waals surface area contributed by atoms with Crippen LogP contribution in [0.4, 0.5) is 5.69 Å². The van der Waals surface area contributed by atoms with Gasteiger partial charge in [-0.15, -0.1) is 11.3 Å². The quantitative estimate of drug-likeness (QED) is 0.666. The van der Waals surface area contributed by atoms with Crippen LogP contribution in [0.25, 0.3) is 0 Å². The average molecular weight is 297 g/mol. The molecule has 2 rings (SSSR count). The van der Waals surface area contributed by atoms with Crippen molar-refractivity contribution in [1.29, 1.82) is 0 Å². The zero-order valence-electron chi connectivity index (χ0n) is 10.3. The molecule has 0 amide bonds. The summed E-state index contributed by atoms with van der Waals surface area (Å²) in [5.74, 6) is 0. The first-order valence-corrected chi connectivity index (χ1v) is 7.03. The topological polar surface area (TPSA) is 55.2 Å². The normalized spacial score (nSPS) is 12.3. The van der Waals surface area contributed by atoms with E-state index < -0.39 is 4.92 Å². The standard InChI is InChI=1S/C13H13ClN2O2S/c1-9(13-3-2-6-19-13)15-8-10-4-5-11(16(17)18)7-12(10)14/h2-7,9,15H,8H2,1H3/t9-/m1/s1. The predicted molar refractivity (Wildman–Crippen MR) is 77.7 cm³/mol. The molecule has 0 saturated carbocycles. The van der Waals surface area contributed by atoms with E-state index >= 15 is 0 Å². The van der Waals surface area contributed by atoms with E-state index in [1.54, 1.807) is 17.4 Å². The van der Waals surface area contributed by atoms with Gasteiger partial charge in [0.25, 0.3) is 5.69 Å². The fourth-order valence-corrected chi connectivity index (χ4v) is 2.69. The van der Waals surface area contributed by atoms with Gasteiger partial charge in [-0.2, -0.15) is 0 Å². The van der Waals surface area contributed by atoms with Crippen LogP contribution >= 0.6 is 22.9 Å². The summed E-state index contributed by atoms with van der Waals surface area (Å²) in [4.78, 5) is 11.4. The Balaban J connectivity index is 2.02. The fraction of sp³-hybridized carbons (Fsp3) is 0.231. The van der Waals surface area contributed by atoms with Crippen LogP contribution in [0.3, 0.4) is 0 Å². The lowest BCUT2D eigenvalue weighted by Gasteiger charge is -2.12. The molecule has 1 N–H and O–H groups in total. The lowest BCUT2D eigenvalue weighted by atomic mass is 10.2. The monoisotopic (exact) mass is 296 g/mol. The molecule has 6 heteroatoms. The maximum absolute atomic E-state index is 10.6. The fourth-order valence-electron chi connectivity index (χ4n) is 1.69. The predicted octanol–water partition coefficient (Wildman–Crippen LogP) is 4.16. The number of hydrogen-bond acceptors (Lipinski definition) is 4. The number of thiophene rings is 1. The van der Waals surface area contributed by atoms with Gasteiger partial charge in [-0.25, -0.2) is 0 Å². The van der Waals surface area contributed by atoms with Crippen LogP contribution in [-0.4, -0.2) is 4.92 Å². The van der Waals surface area contributed by atoms with E-state index in [1.807, 2.05) is 11.4 Å². The molecule has 0 aliphatic heterocycles. The van der Waals surface area contributed by atoms with Crippen LogP contribution in [-0.2, 0) is 6.54 Å². The number of benzene rings is 1. The third-order valence-corrected chi connectivity index (χ3v) is 4.22. The number of nitro benzene ring substituents is 1. The Hall–Kier alpha value is -1.43. The highest BCUT2D eigenvalue weighted by atomic mass is 35.5. The molecule has 0 aliphatic rings. The minimum atomic E-state index is -0.447. The van der Waals surface area contributed by atoms with Gasteiger partial charge in [-0.1, -0.05) is 17.7 Å². The van der Waals surface area contributed by atoms with Gasteiger partial charge in [0.15, 0.2) is 0 Å². The van der Waals surface area contributed by atoms with Gasteiger partial charge in [-0.3, -0.25) is 10.1 Å². The van der Waals surface area contributed by atoms with Crippen molar-refractivity contribution in [2.45, 2.75) is 19.5 Å². The number of halogens is 1. The minimum Gasteiger partial charge on any atom is -0.305 e. The largest absolute Gasteiger partial charge is 0.305 e. The molecule has 1 aromatic heterocycles. The van der Waals surface area contributed by atoms with Crippen molar-refractivity contribution < 1.29 is 4.92 Å². The van der Waals surface area contributed by atoms with E-state index in [9.17, 15) is 10.1 Å². The van der Waals surface area contributed by atoms with Crippen molar-refractivity contribution in [1.82, 2.24) is 5.32 Å². The Morgan fingerprint density at radius 1 is 1.47 bits per heavy atom. The number of nitrogens with one attached hydrogen (secondary N) is 1. The maximum Gasteiger partial charge on any atom is 0.270 e. The van der Waals surface area contributed by atoms with Crippen LogP contribution < -0.4 is 5.32 Å². The van der Waals surface area contributed by atoms with E-state index in [2.05, 4.69) is 18.3 Å². The molecule has 4 nitrogen and oxygen atoms in total. The smallest absolute Gasteiger partial charge is 0.270 e. The van der Waals surface area contributed by atoms with Gasteiger partial charge in [-0.05, 0) is 30.0 Å². The third-order valence-electron chi connectivity index (χ3n) is 2.82. The van der Waals surface area contributed by atoms with Gasteiger partial charge in [0.1, 0.15) is 0 Å². The average Bonchev–Trinajstić information content (AvgIpc) is 2.90. The zero-order valence-corrected chi connectivity index (χ0v) is 11.9. The van der Waals surface area contributed by atoms with Crippen LogP contribution in [0.15, 0.2) is 35.7 Å². The Bertz CT molecular complexity index is 572. The van der Waals surface area contributed by atoms with Gasteiger partial charge >= 0.3 is 0 Å². The Morgan fingerprint density at radius 3 is 2.84 bits per heavy atom. The van der Waals surface area contributed by atoms with E-state index in [0.29, 0.717) is 11.6 Å². The molecule has 100 valence electrons. The second kappa shape index (κ2) is 6.14. The summed E-state index contributed by atoms with van der Waals surface area (Å²) >= 11 is 7.73. The number of nitrogens with zero attached hydrogens (tertiary/aromatic N) is 1. The summed E-state index contributed by atoms with van der Waals surface area (Å²) in [5, 5.41) is 16.4. The molecule has 19 heavy (non-hydrogen) atoms. The zero-order chi connectivity index (χ0) is 13.8. The van der Waals surface area contributed by atoms with Crippen LogP contribution in [0.1, 0.15) is 23.4 Å². The van der Waals surface area contributed by atoms with Crippen molar-refractivity contribution in [3.8, 4) is 0 Å². The summed E-state index contributed by atoms with van der Waals surface area (Å²) in [6, 6.07) is 8.85. The van der Waals surface area contributed by atoms with E-state index in [-0.39, 0.29) is 11.7 Å². The van der Waals surface area contributed by atoms with Crippen molar-refractivity contribution >= 4 is 28.6 Å². The van der Waals surface area contributed by atoms with Crippen molar-refractivity contribution in [2.75, 3.05) is 0 Å². The second-order valence-electron chi connectivity index (χ2n) is 4.15. The van der Waals surface area contributed by atoms with Crippen LogP contribution in [0.5, 0.6) is 0 Å². The molecule has 1 aromatic carbocycles. The molecule has 2 aromatic rings. The molecule has 0 saturated heterocycles. The maximum atomic E-state index is 10.6. The van der Waals surface area contributed by atoms with Gasteiger partial charge < -0.3 is 5.32 Å². The first-order chi connectivity index (χ1) is 9.08. The number of nitro groups is 1. The van der Waals surface area contributed by atoms with Gasteiger partial charge in [0.2, 0.25) is 0 Å². The first kappa shape index (κ1) is 14.0. The van der Waals surface area contributed by atoms with Crippen LogP contribution in [0.2, 0.25) is 5.02 Å². The molecule has 0 fully saturated rings. The molecule has 0 spiro atoms. The van der Waals surface area contributed by atoms with Crippen molar-refractivity contribution in [3.63, 3.8) is 0 Å².